The molecule has 0 aliphatic heterocycles. The smallest absolute Gasteiger partial charge is 0.251 e. The zero-order valence-electron chi connectivity index (χ0n) is 13.6. The molecule has 0 aliphatic rings. The maximum Gasteiger partial charge on any atom is 0.251 e. The first-order valence-electron chi connectivity index (χ1n) is 7.10. The third-order valence-electron chi connectivity index (χ3n) is 3.19. The largest absolute Gasteiger partial charge is 0.548 e. The fourth-order valence-corrected chi connectivity index (χ4v) is 2.82. The number of benzene rings is 1. The molecule has 0 aromatic heterocycles. The zero-order valence-corrected chi connectivity index (χ0v) is 14.4. The number of aliphatic carboxylic acids is 1. The second kappa shape index (κ2) is 7.56. The zero-order chi connectivity index (χ0) is 17.8. The second-order valence-corrected chi connectivity index (χ2v) is 7.94. The van der Waals surface area contributed by atoms with Crippen LogP contribution in [0, 0.1) is 5.92 Å². The van der Waals surface area contributed by atoms with Crippen LogP contribution in [0.4, 0.5) is 0 Å². The number of rotatable bonds is 7. The molecule has 0 unspecified atom stereocenters. The van der Waals surface area contributed by atoms with Crippen molar-refractivity contribution in [2.75, 3.05) is 14.1 Å². The monoisotopic (exact) mass is 341 g/mol. The number of carbonyl (C=O) groups excluding carboxylic acids is 2. The lowest BCUT2D eigenvalue weighted by Gasteiger charge is -2.21. The first kappa shape index (κ1) is 19.1. The van der Waals surface area contributed by atoms with Crippen molar-refractivity contribution in [3.63, 3.8) is 0 Å². The van der Waals surface area contributed by atoms with Gasteiger partial charge >= 0.3 is 0 Å². The van der Waals surface area contributed by atoms with E-state index in [1.54, 1.807) is 0 Å². The third kappa shape index (κ3) is 5.04. The van der Waals surface area contributed by atoms with E-state index in [-0.39, 0.29) is 22.8 Å². The quantitative estimate of drug-likeness (QED) is 0.741. The second-order valence-electron chi connectivity index (χ2n) is 5.79. The van der Waals surface area contributed by atoms with E-state index in [0.717, 1.165) is 4.31 Å². The van der Waals surface area contributed by atoms with Gasteiger partial charge in [-0.3, -0.25) is 4.79 Å². The summed E-state index contributed by atoms with van der Waals surface area (Å²) < 4.78 is 24.9. The number of nitrogens with one attached hydrogen (secondary N) is 1. The average molecular weight is 341 g/mol. The molecule has 0 fully saturated rings. The Hall–Kier alpha value is -1.93. The van der Waals surface area contributed by atoms with Gasteiger partial charge in [-0.15, -0.1) is 0 Å². The summed E-state index contributed by atoms with van der Waals surface area (Å²) in [6.45, 7) is 3.67. The molecule has 1 rings (SSSR count). The lowest BCUT2D eigenvalue weighted by atomic mass is 10.0. The molecule has 1 aromatic carbocycles. The molecule has 0 heterocycles. The fourth-order valence-electron chi connectivity index (χ4n) is 1.92. The van der Waals surface area contributed by atoms with Gasteiger partial charge in [0.2, 0.25) is 10.0 Å². The van der Waals surface area contributed by atoms with Crippen molar-refractivity contribution < 1.29 is 23.1 Å². The number of carbonyl (C=O) groups is 2. The molecular formula is C15H21N2O5S-. The van der Waals surface area contributed by atoms with Crippen LogP contribution in [0.1, 0.15) is 30.6 Å². The Balaban J connectivity index is 2.91. The predicted octanol–water partition coefficient (Wildman–Crippen LogP) is -0.169. The minimum Gasteiger partial charge on any atom is -0.548 e. The number of carboxylic acid groups (broad SMARTS) is 1. The number of amides is 1. The molecule has 0 bridgehead atoms. The summed E-state index contributed by atoms with van der Waals surface area (Å²) in [5.41, 5.74) is 0.178. The van der Waals surface area contributed by atoms with Crippen LogP contribution < -0.4 is 10.4 Å². The van der Waals surface area contributed by atoms with Crippen LogP contribution in [0.15, 0.2) is 29.2 Å². The SMILES string of the molecule is CC(C)C[C@@H](NC(=O)c1ccc(S(=O)(=O)N(C)C)cc1)C(=O)[O-]. The van der Waals surface area contributed by atoms with Crippen molar-refractivity contribution >= 4 is 21.9 Å². The van der Waals surface area contributed by atoms with Crippen molar-refractivity contribution in [1.29, 1.82) is 0 Å². The molecule has 0 spiro atoms. The molecule has 0 aliphatic carbocycles. The lowest BCUT2D eigenvalue weighted by molar-refractivity contribution is -0.308. The van der Waals surface area contributed by atoms with E-state index in [1.807, 2.05) is 13.8 Å². The molecule has 1 aromatic rings. The highest BCUT2D eigenvalue weighted by Crippen LogP contribution is 2.14. The van der Waals surface area contributed by atoms with E-state index in [1.165, 1.54) is 38.4 Å². The third-order valence-corrected chi connectivity index (χ3v) is 5.02. The van der Waals surface area contributed by atoms with Gasteiger partial charge in [-0.25, -0.2) is 12.7 Å². The number of hydrogen-bond donors (Lipinski definition) is 1. The van der Waals surface area contributed by atoms with Crippen LogP contribution in [0.25, 0.3) is 0 Å². The Morgan fingerprint density at radius 2 is 1.70 bits per heavy atom. The van der Waals surface area contributed by atoms with Gasteiger partial charge in [-0.2, -0.15) is 0 Å². The number of carboxylic acids is 1. The van der Waals surface area contributed by atoms with E-state index in [4.69, 9.17) is 0 Å². The minimum absolute atomic E-state index is 0.0534. The number of nitrogens with zero attached hydrogens (tertiary/aromatic N) is 1. The molecule has 1 amide bonds. The summed E-state index contributed by atoms with van der Waals surface area (Å²) in [7, 11) is -0.756. The van der Waals surface area contributed by atoms with Gasteiger partial charge in [0.1, 0.15) is 0 Å². The molecule has 7 nitrogen and oxygen atoms in total. The van der Waals surface area contributed by atoms with Crippen molar-refractivity contribution in [3.05, 3.63) is 29.8 Å². The van der Waals surface area contributed by atoms with Crippen LogP contribution in [-0.2, 0) is 14.8 Å². The highest BCUT2D eigenvalue weighted by molar-refractivity contribution is 7.89. The molecule has 0 radical (unpaired) electrons. The van der Waals surface area contributed by atoms with Crippen LogP contribution in [0.2, 0.25) is 0 Å². The maximum atomic E-state index is 12.1. The van der Waals surface area contributed by atoms with Gasteiger partial charge in [-0.05, 0) is 36.6 Å². The highest BCUT2D eigenvalue weighted by Gasteiger charge is 2.19. The summed E-state index contributed by atoms with van der Waals surface area (Å²) in [6, 6.07) is 4.20. The van der Waals surface area contributed by atoms with E-state index >= 15 is 0 Å². The standard InChI is InChI=1S/C15H22N2O5S/c1-10(2)9-13(15(19)20)16-14(18)11-5-7-12(8-6-11)23(21,22)17(3)4/h5-8,10,13H,9H2,1-4H3,(H,16,18)(H,19,20)/p-1/t13-/m1/s1. The molecule has 23 heavy (non-hydrogen) atoms. The van der Waals surface area contributed by atoms with Crippen molar-refractivity contribution in [2.45, 2.75) is 31.2 Å². The summed E-state index contributed by atoms with van der Waals surface area (Å²) >= 11 is 0. The van der Waals surface area contributed by atoms with E-state index in [9.17, 15) is 23.1 Å². The van der Waals surface area contributed by atoms with Crippen molar-refractivity contribution in [3.8, 4) is 0 Å². The summed E-state index contributed by atoms with van der Waals surface area (Å²) in [5.74, 6) is -1.86. The van der Waals surface area contributed by atoms with Crippen molar-refractivity contribution in [2.24, 2.45) is 5.92 Å². The predicted molar refractivity (Wildman–Crippen MR) is 83.0 cm³/mol. The maximum absolute atomic E-state index is 12.1. The van der Waals surface area contributed by atoms with Crippen LogP contribution in [0.5, 0.6) is 0 Å². The minimum atomic E-state index is -3.57. The Kier molecular flexibility index (Phi) is 6.28. The fraction of sp³-hybridized carbons (Fsp3) is 0.467. The van der Waals surface area contributed by atoms with Gasteiger partial charge in [-0.1, -0.05) is 13.8 Å². The van der Waals surface area contributed by atoms with Crippen molar-refractivity contribution in [1.82, 2.24) is 9.62 Å². The number of hydrogen-bond acceptors (Lipinski definition) is 5. The van der Waals surface area contributed by atoms with Gasteiger partial charge < -0.3 is 15.2 Å². The lowest BCUT2D eigenvalue weighted by Crippen LogP contribution is -2.48. The molecule has 0 saturated carbocycles. The van der Waals surface area contributed by atoms with Gasteiger partial charge in [0, 0.05) is 19.7 Å². The first-order chi connectivity index (χ1) is 10.6. The van der Waals surface area contributed by atoms with Crippen LogP contribution in [0.3, 0.4) is 0 Å². The topological polar surface area (TPSA) is 107 Å². The summed E-state index contributed by atoms with van der Waals surface area (Å²) in [6.07, 6.45) is 0.251. The van der Waals surface area contributed by atoms with Crippen LogP contribution in [-0.4, -0.2) is 44.7 Å². The number of sulfonamides is 1. The van der Waals surface area contributed by atoms with Gasteiger partial charge in [0.05, 0.1) is 16.9 Å². The van der Waals surface area contributed by atoms with E-state index in [0.29, 0.717) is 0 Å². The summed E-state index contributed by atoms with van der Waals surface area (Å²) in [4.78, 5) is 23.2. The average Bonchev–Trinajstić information content (AvgIpc) is 2.45. The Morgan fingerprint density at radius 3 is 2.09 bits per heavy atom. The van der Waals surface area contributed by atoms with E-state index < -0.39 is 27.9 Å². The summed E-state index contributed by atoms with van der Waals surface area (Å²) in [5, 5.41) is 13.4. The Bertz CT molecular complexity index is 666. The molecule has 8 heteroatoms. The Morgan fingerprint density at radius 1 is 1.17 bits per heavy atom. The first-order valence-corrected chi connectivity index (χ1v) is 8.54. The van der Waals surface area contributed by atoms with Gasteiger partial charge in [0.15, 0.2) is 0 Å². The molecular weight excluding hydrogens is 320 g/mol. The molecule has 128 valence electrons. The van der Waals surface area contributed by atoms with Crippen LogP contribution >= 0.6 is 0 Å². The Labute approximate surface area is 136 Å². The molecule has 0 saturated heterocycles. The molecule has 1 atom stereocenters. The normalized spacial score (nSPS) is 13.1. The van der Waals surface area contributed by atoms with E-state index in [2.05, 4.69) is 5.32 Å². The van der Waals surface area contributed by atoms with Gasteiger partial charge in [0.25, 0.3) is 5.91 Å². The molecule has 1 N–H and O–H groups in total. The highest BCUT2D eigenvalue weighted by atomic mass is 32.2.